The Balaban J connectivity index is 2.02. The highest BCUT2D eigenvalue weighted by Gasteiger charge is 2.22. The fourth-order valence-electron chi connectivity index (χ4n) is 1.61. The van der Waals surface area contributed by atoms with Gasteiger partial charge in [0.15, 0.2) is 0 Å². The van der Waals surface area contributed by atoms with Crippen LogP contribution >= 0.6 is 0 Å². The lowest BCUT2D eigenvalue weighted by atomic mass is 10.2. The lowest BCUT2D eigenvalue weighted by Crippen LogP contribution is -2.33. The Morgan fingerprint density at radius 3 is 2.90 bits per heavy atom. The molecule has 0 spiro atoms. The highest BCUT2D eigenvalue weighted by molar-refractivity contribution is 6.04. The number of aliphatic imine (C=N–C) groups is 1. The van der Waals surface area contributed by atoms with Crippen LogP contribution < -0.4 is 10.1 Å². The second-order valence-corrected chi connectivity index (χ2v) is 4.70. The molecule has 1 aromatic rings. The molecule has 1 aliphatic carbocycles. The minimum absolute atomic E-state index is 0.237. The third kappa shape index (κ3) is 4.26. The average molecular weight is 276 g/mol. The number of carbonyl (C=O) groups is 1. The van der Waals surface area contributed by atoms with Gasteiger partial charge in [0.05, 0.1) is 19.8 Å². The Labute approximate surface area is 119 Å². The summed E-state index contributed by atoms with van der Waals surface area (Å²) in [5.74, 6) is 0.409. The Hall–Kier alpha value is -2.04. The molecule has 0 saturated heterocycles. The first-order valence-corrected chi connectivity index (χ1v) is 6.89. The van der Waals surface area contributed by atoms with Gasteiger partial charge >= 0.3 is 0 Å². The third-order valence-corrected chi connectivity index (χ3v) is 2.84. The molecule has 0 aliphatic heterocycles. The van der Waals surface area contributed by atoms with Crippen LogP contribution in [0.4, 0.5) is 0 Å². The zero-order valence-corrected chi connectivity index (χ0v) is 11.9. The minimum Gasteiger partial charge on any atom is -0.497 e. The van der Waals surface area contributed by atoms with Gasteiger partial charge < -0.3 is 9.47 Å². The number of hydrogen-bond acceptors (Lipinski definition) is 4. The predicted octanol–water partition coefficient (Wildman–Crippen LogP) is 2.37. The van der Waals surface area contributed by atoms with Gasteiger partial charge in [-0.05, 0) is 37.5 Å². The number of carbonyl (C=O) groups excluding carboxylic acids is 1. The molecule has 1 aromatic carbocycles. The van der Waals surface area contributed by atoms with E-state index in [0.29, 0.717) is 30.0 Å². The number of amidine groups is 1. The van der Waals surface area contributed by atoms with Crippen molar-refractivity contribution in [1.29, 1.82) is 0 Å². The molecule has 0 bridgehead atoms. The number of methoxy groups -OCH3 is 1. The normalized spacial score (nSPS) is 14.8. The summed E-state index contributed by atoms with van der Waals surface area (Å²) in [7, 11) is 1.57. The smallest absolute Gasteiger partial charge is 0.291 e. The van der Waals surface area contributed by atoms with Crippen LogP contribution in [0.3, 0.4) is 0 Å². The van der Waals surface area contributed by atoms with Crippen LogP contribution in [0.2, 0.25) is 0 Å². The van der Waals surface area contributed by atoms with Crippen LogP contribution in [-0.2, 0) is 4.74 Å². The van der Waals surface area contributed by atoms with Crippen LogP contribution in [0.5, 0.6) is 5.75 Å². The molecule has 0 aromatic heterocycles. The number of rotatable bonds is 5. The molecule has 1 amide bonds. The second kappa shape index (κ2) is 6.93. The van der Waals surface area contributed by atoms with Crippen LogP contribution in [0.1, 0.15) is 36.5 Å². The maximum atomic E-state index is 12.2. The lowest BCUT2D eigenvalue weighted by molar-refractivity contribution is 0.0965. The minimum atomic E-state index is -0.237. The van der Waals surface area contributed by atoms with Gasteiger partial charge in [0.1, 0.15) is 5.75 Å². The number of benzene rings is 1. The van der Waals surface area contributed by atoms with Crippen LogP contribution in [0.25, 0.3) is 0 Å². The van der Waals surface area contributed by atoms with Gasteiger partial charge in [0.2, 0.25) is 0 Å². The van der Waals surface area contributed by atoms with Crippen molar-refractivity contribution in [3.05, 3.63) is 29.8 Å². The molecule has 5 nitrogen and oxygen atoms in total. The summed E-state index contributed by atoms with van der Waals surface area (Å²) < 4.78 is 10.6. The molecule has 1 aliphatic rings. The summed E-state index contributed by atoms with van der Waals surface area (Å²) in [5, 5.41) is 2.72. The number of hydrogen-bond donors (Lipinski definition) is 1. The molecule has 1 N–H and O–H groups in total. The van der Waals surface area contributed by atoms with Crippen molar-refractivity contribution >= 4 is 11.9 Å². The molecule has 1 saturated carbocycles. The van der Waals surface area contributed by atoms with Crippen molar-refractivity contribution in [3.63, 3.8) is 0 Å². The Bertz CT molecular complexity index is 496. The van der Waals surface area contributed by atoms with Gasteiger partial charge in [0, 0.05) is 5.56 Å². The number of amides is 1. The Kier molecular flexibility index (Phi) is 4.98. The molecule has 1 fully saturated rings. The molecule has 2 rings (SSSR count). The second-order valence-electron chi connectivity index (χ2n) is 4.70. The van der Waals surface area contributed by atoms with E-state index in [1.54, 1.807) is 31.4 Å². The van der Waals surface area contributed by atoms with E-state index in [0.717, 1.165) is 19.3 Å². The fourth-order valence-corrected chi connectivity index (χ4v) is 1.61. The van der Waals surface area contributed by atoms with Crippen molar-refractivity contribution < 1.29 is 14.3 Å². The Morgan fingerprint density at radius 1 is 1.45 bits per heavy atom. The number of nitrogens with zero attached hydrogens (tertiary/aromatic N) is 1. The average Bonchev–Trinajstić information content (AvgIpc) is 3.28. The monoisotopic (exact) mass is 276 g/mol. The van der Waals surface area contributed by atoms with Crippen molar-refractivity contribution in [2.75, 3.05) is 13.7 Å². The Morgan fingerprint density at radius 2 is 2.25 bits per heavy atom. The van der Waals surface area contributed by atoms with Crippen LogP contribution in [-0.4, -0.2) is 31.7 Å². The van der Waals surface area contributed by atoms with Gasteiger partial charge in [0.25, 0.3) is 11.9 Å². The van der Waals surface area contributed by atoms with Crippen molar-refractivity contribution in [2.24, 2.45) is 4.99 Å². The first kappa shape index (κ1) is 14.4. The van der Waals surface area contributed by atoms with E-state index in [-0.39, 0.29) is 5.91 Å². The zero-order chi connectivity index (χ0) is 14.4. The summed E-state index contributed by atoms with van der Waals surface area (Å²) in [6, 6.07) is 7.60. The summed E-state index contributed by atoms with van der Waals surface area (Å²) in [6.07, 6.45) is 3.00. The third-order valence-electron chi connectivity index (χ3n) is 2.84. The molecule has 0 heterocycles. The maximum Gasteiger partial charge on any atom is 0.291 e. The van der Waals surface area contributed by atoms with Crippen molar-refractivity contribution in [3.8, 4) is 5.75 Å². The standard InChI is InChI=1S/C15H20N2O3/c1-3-9-20-15(16-12-7-8-12)17-14(18)11-5-4-6-13(10-11)19-2/h4-6,10,12H,3,7-9H2,1-2H3,(H,16,17,18). The van der Waals surface area contributed by atoms with Gasteiger partial charge in [-0.15, -0.1) is 0 Å². The van der Waals surface area contributed by atoms with E-state index in [4.69, 9.17) is 9.47 Å². The van der Waals surface area contributed by atoms with E-state index in [1.807, 2.05) is 6.92 Å². The molecular formula is C15H20N2O3. The predicted molar refractivity (Wildman–Crippen MR) is 77.2 cm³/mol. The van der Waals surface area contributed by atoms with Gasteiger partial charge in [-0.1, -0.05) is 13.0 Å². The number of nitrogens with one attached hydrogen (secondary N) is 1. The van der Waals surface area contributed by atoms with Gasteiger partial charge in [-0.25, -0.2) is 4.99 Å². The maximum absolute atomic E-state index is 12.2. The first-order chi connectivity index (χ1) is 9.72. The van der Waals surface area contributed by atoms with Gasteiger partial charge in [-0.3, -0.25) is 10.1 Å². The number of ether oxygens (including phenoxy) is 2. The van der Waals surface area contributed by atoms with E-state index in [2.05, 4.69) is 10.3 Å². The summed E-state index contributed by atoms with van der Waals surface area (Å²) in [5.41, 5.74) is 0.521. The summed E-state index contributed by atoms with van der Waals surface area (Å²) in [4.78, 5) is 16.5. The highest BCUT2D eigenvalue weighted by Crippen LogP contribution is 2.23. The van der Waals surface area contributed by atoms with E-state index in [9.17, 15) is 4.79 Å². The van der Waals surface area contributed by atoms with Gasteiger partial charge in [-0.2, -0.15) is 0 Å². The highest BCUT2D eigenvalue weighted by atomic mass is 16.5. The van der Waals surface area contributed by atoms with Crippen LogP contribution in [0.15, 0.2) is 29.3 Å². The van der Waals surface area contributed by atoms with Crippen molar-refractivity contribution in [1.82, 2.24) is 5.32 Å². The SMILES string of the molecule is CCCOC(=NC1CC1)NC(=O)c1cccc(OC)c1. The summed E-state index contributed by atoms with van der Waals surface area (Å²) >= 11 is 0. The molecular weight excluding hydrogens is 256 g/mol. The molecule has 5 heteroatoms. The quantitative estimate of drug-likeness (QED) is 0.663. The van der Waals surface area contributed by atoms with Crippen molar-refractivity contribution in [2.45, 2.75) is 32.2 Å². The van der Waals surface area contributed by atoms with E-state index >= 15 is 0 Å². The molecule has 20 heavy (non-hydrogen) atoms. The first-order valence-electron chi connectivity index (χ1n) is 6.89. The topological polar surface area (TPSA) is 59.9 Å². The lowest BCUT2D eigenvalue weighted by Gasteiger charge is -2.10. The molecule has 0 radical (unpaired) electrons. The van der Waals surface area contributed by atoms with E-state index in [1.165, 1.54) is 0 Å². The fraction of sp³-hybridized carbons (Fsp3) is 0.467. The zero-order valence-electron chi connectivity index (χ0n) is 11.9. The molecule has 0 atom stereocenters. The molecule has 108 valence electrons. The molecule has 0 unspecified atom stereocenters. The summed E-state index contributed by atoms with van der Waals surface area (Å²) in [6.45, 7) is 2.56. The largest absolute Gasteiger partial charge is 0.497 e. The van der Waals surface area contributed by atoms with E-state index < -0.39 is 0 Å². The van der Waals surface area contributed by atoms with Crippen LogP contribution in [0, 0.1) is 0 Å².